The maximum atomic E-state index is 16.8. The van der Waals surface area contributed by atoms with E-state index in [2.05, 4.69) is 5.32 Å². The third-order valence-corrected chi connectivity index (χ3v) is 12.3. The number of halogens is 4. The second-order valence-corrected chi connectivity index (χ2v) is 15.9. The molecular weight excluding hydrogens is 718 g/mol. The molecule has 0 bridgehead atoms. The van der Waals surface area contributed by atoms with E-state index in [1.807, 2.05) is 9.48 Å². The van der Waals surface area contributed by atoms with Crippen LogP contribution in [0.25, 0.3) is 5.57 Å². The van der Waals surface area contributed by atoms with Gasteiger partial charge in [0, 0.05) is 73.3 Å². The zero-order chi connectivity index (χ0) is 37.0. The van der Waals surface area contributed by atoms with Crippen molar-refractivity contribution in [1.29, 1.82) is 0 Å². The number of allylic oxidation sites excluding steroid dienone is 5. The van der Waals surface area contributed by atoms with E-state index in [-0.39, 0.29) is 33.9 Å². The van der Waals surface area contributed by atoms with Gasteiger partial charge in [-0.3, -0.25) is 9.36 Å². The summed E-state index contributed by atoms with van der Waals surface area (Å²) >= 11 is 5.68. The Kier molecular flexibility index (Phi) is 12.1. The van der Waals surface area contributed by atoms with E-state index in [4.69, 9.17) is 16.3 Å². The number of carbonyl (C=O) groups excluding carboxylic acids is 2. The highest BCUT2D eigenvalue weighted by Crippen LogP contribution is 2.60. The van der Waals surface area contributed by atoms with Crippen LogP contribution in [-0.4, -0.2) is 78.9 Å². The van der Waals surface area contributed by atoms with E-state index in [1.54, 1.807) is 12.1 Å². The monoisotopic (exact) mass is 759 g/mol. The van der Waals surface area contributed by atoms with Gasteiger partial charge in [-0.1, -0.05) is 18.9 Å². The molecule has 3 heterocycles. The first kappa shape index (κ1) is 38.0. The molecule has 14 heteroatoms. The van der Waals surface area contributed by atoms with Crippen molar-refractivity contribution in [3.05, 3.63) is 87.0 Å². The number of hydrogen-bond donors (Lipinski definition) is 2. The van der Waals surface area contributed by atoms with Gasteiger partial charge in [0.05, 0.1) is 23.0 Å². The molecule has 52 heavy (non-hydrogen) atoms. The van der Waals surface area contributed by atoms with Gasteiger partial charge in [0.15, 0.2) is 11.6 Å². The number of nitrogens with one attached hydrogen (secondary N) is 1. The number of carbonyl (C=O) groups is 2. The zero-order valence-corrected chi connectivity index (χ0v) is 30.5. The van der Waals surface area contributed by atoms with Gasteiger partial charge in [-0.25, -0.2) is 17.7 Å². The number of fused-ring (bicyclic) bond motifs is 2. The fourth-order valence-electron chi connectivity index (χ4n) is 6.89. The molecule has 2 aromatic carbocycles. The molecule has 278 valence electrons. The van der Waals surface area contributed by atoms with E-state index >= 15 is 13.2 Å². The van der Waals surface area contributed by atoms with Gasteiger partial charge >= 0.3 is 0 Å². The molecule has 2 N–H and O–H groups in total. The van der Waals surface area contributed by atoms with Crippen molar-refractivity contribution in [3.8, 4) is 0 Å². The van der Waals surface area contributed by atoms with Crippen molar-refractivity contribution in [2.24, 2.45) is 0 Å². The number of anilines is 1. The summed E-state index contributed by atoms with van der Waals surface area (Å²) in [5, 5.41) is 14.7. The molecular formula is C38H42ClF3N3O6P. The first-order valence-corrected chi connectivity index (χ1v) is 20.1. The summed E-state index contributed by atoms with van der Waals surface area (Å²) in [4.78, 5) is 39.5. The lowest BCUT2D eigenvalue weighted by molar-refractivity contribution is -0.582. The van der Waals surface area contributed by atoms with Gasteiger partial charge in [-0.05, 0) is 67.9 Å². The van der Waals surface area contributed by atoms with Crippen LogP contribution < -0.4 is 20.6 Å². The van der Waals surface area contributed by atoms with Gasteiger partial charge in [-0.15, -0.1) is 11.6 Å². The number of alkyl halides is 1. The summed E-state index contributed by atoms with van der Waals surface area (Å²) < 4.78 is 70.1. The van der Waals surface area contributed by atoms with Crippen molar-refractivity contribution in [2.45, 2.75) is 57.8 Å². The highest BCUT2D eigenvalue weighted by atomic mass is 35.5. The number of amides is 1. The minimum Gasteiger partial charge on any atom is -0.545 e. The maximum Gasteiger partial charge on any atom is 0.260 e. The van der Waals surface area contributed by atoms with E-state index < -0.39 is 53.4 Å². The van der Waals surface area contributed by atoms with E-state index in [0.29, 0.717) is 49.8 Å². The molecule has 2 fully saturated rings. The molecule has 1 atom stereocenters. The number of benzene rings is 2. The Morgan fingerprint density at radius 3 is 2.27 bits per heavy atom. The minimum atomic E-state index is -4.39. The Labute approximate surface area is 306 Å². The van der Waals surface area contributed by atoms with E-state index in [0.717, 1.165) is 64.7 Å². The van der Waals surface area contributed by atoms with Crippen LogP contribution in [0.2, 0.25) is 0 Å². The van der Waals surface area contributed by atoms with Gasteiger partial charge in [0.1, 0.15) is 24.5 Å². The number of hydrogen-bond acceptors (Lipinski definition) is 6. The molecule has 0 radical (unpaired) electrons. The molecule has 0 saturated carbocycles. The smallest absolute Gasteiger partial charge is 0.260 e. The van der Waals surface area contributed by atoms with Crippen molar-refractivity contribution < 1.29 is 46.6 Å². The third kappa shape index (κ3) is 7.53. The molecule has 9 nitrogen and oxygen atoms in total. The van der Waals surface area contributed by atoms with Crippen LogP contribution in [0.4, 0.5) is 18.9 Å². The Bertz CT molecular complexity index is 1930. The predicted molar refractivity (Wildman–Crippen MR) is 192 cm³/mol. The Morgan fingerprint density at radius 2 is 1.63 bits per heavy atom. The van der Waals surface area contributed by atoms with E-state index in [1.165, 1.54) is 24.3 Å². The summed E-state index contributed by atoms with van der Waals surface area (Å²) in [5.74, 6) is -8.38. The number of aromatic carboxylic acids is 1. The van der Waals surface area contributed by atoms with Crippen molar-refractivity contribution in [1.82, 2.24) is 5.32 Å². The highest BCUT2D eigenvalue weighted by molar-refractivity contribution is 7.71. The lowest BCUT2D eigenvalue weighted by atomic mass is 9.85. The number of carboxylic acids is 1. The first-order valence-electron chi connectivity index (χ1n) is 17.9. The van der Waals surface area contributed by atoms with Gasteiger partial charge in [0.2, 0.25) is 5.71 Å². The second kappa shape index (κ2) is 16.5. The van der Waals surface area contributed by atoms with Crippen LogP contribution in [0.5, 0.6) is 0 Å². The molecule has 1 aliphatic carbocycles. The van der Waals surface area contributed by atoms with Crippen LogP contribution in [0.1, 0.15) is 89.6 Å². The summed E-state index contributed by atoms with van der Waals surface area (Å²) in [7, 11) is -4.39. The van der Waals surface area contributed by atoms with Gasteiger partial charge in [0.25, 0.3) is 13.3 Å². The largest absolute Gasteiger partial charge is 0.545 e. The van der Waals surface area contributed by atoms with Crippen LogP contribution >= 0.6 is 19.0 Å². The SMILES string of the molecule is O=C(NCCCCCOCCCCCCCl)c1c(F)c(F)c(C(=O)[O-])c(C2=C3C=CC(=[N+]4CCC4)C=C3P(=O)(O)c3cc(N4CCC4)ccc32)c1F. The number of unbranched alkanes of at least 4 members (excludes halogenated alkanes) is 5. The van der Waals surface area contributed by atoms with Crippen molar-refractivity contribution in [3.63, 3.8) is 0 Å². The quantitative estimate of drug-likeness (QED) is 0.0772. The highest BCUT2D eigenvalue weighted by Gasteiger charge is 2.44. The zero-order valence-electron chi connectivity index (χ0n) is 28.8. The molecule has 2 aromatic rings. The van der Waals surface area contributed by atoms with Gasteiger partial charge < -0.3 is 29.7 Å². The maximum absolute atomic E-state index is 16.8. The Balaban J connectivity index is 1.33. The molecule has 4 aliphatic rings. The molecule has 1 amide bonds. The number of rotatable bonds is 16. The van der Waals surface area contributed by atoms with Crippen LogP contribution in [0.15, 0.2) is 47.3 Å². The average molecular weight is 760 g/mol. The minimum absolute atomic E-state index is 0.0177. The summed E-state index contributed by atoms with van der Waals surface area (Å²) in [6, 6.07) is 4.61. The summed E-state index contributed by atoms with van der Waals surface area (Å²) in [6.07, 6.45) is 12.3. The van der Waals surface area contributed by atoms with Crippen molar-refractivity contribution in [2.75, 3.05) is 56.7 Å². The molecule has 0 aromatic heterocycles. The van der Waals surface area contributed by atoms with E-state index in [9.17, 15) is 24.2 Å². The van der Waals surface area contributed by atoms with Gasteiger partial charge in [-0.2, -0.15) is 0 Å². The number of ether oxygens (including phenoxy) is 1. The number of carboxylic acid groups (broad SMARTS) is 1. The van der Waals surface area contributed by atoms with Crippen LogP contribution in [-0.2, 0) is 9.30 Å². The fourth-order valence-corrected chi connectivity index (χ4v) is 8.98. The standard InChI is InChI=1S/C38H42ClF3N3O6P/c39-14-4-1-2-6-20-51-21-7-3-5-15-43-37(46)33-34(40)31(32(38(47)48)35(41)36(33)42)30-26-12-10-24(44-16-8-17-44)22-28(26)52(49,50)29-23-25(11-13-27(29)30)45-18-9-19-45/h10-13,22-23H,1-9,14-21H2,(H2-,43,46,47,48,49,50). The number of nitrogens with zero attached hydrogens (tertiary/aromatic N) is 2. The molecule has 3 aliphatic heterocycles. The lowest BCUT2D eigenvalue weighted by Gasteiger charge is -2.36. The van der Waals surface area contributed by atoms with Crippen molar-refractivity contribution >= 4 is 53.1 Å². The normalized spacial score (nSPS) is 19.2. The first-order chi connectivity index (χ1) is 25.1. The summed E-state index contributed by atoms with van der Waals surface area (Å²) in [5.41, 5.74) is -2.69. The molecule has 0 spiro atoms. The molecule has 1 unspecified atom stereocenters. The Morgan fingerprint density at radius 1 is 0.942 bits per heavy atom. The van der Waals surface area contributed by atoms with Crippen LogP contribution in [0.3, 0.4) is 0 Å². The molecule has 6 rings (SSSR count). The fraction of sp³-hybridized carbons (Fsp3) is 0.447. The third-order valence-electron chi connectivity index (χ3n) is 10.0. The topological polar surface area (TPSA) is 122 Å². The van der Waals surface area contributed by atoms with Crippen LogP contribution in [0, 0.1) is 17.5 Å². The molecule has 2 saturated heterocycles. The lowest BCUT2D eigenvalue weighted by Crippen LogP contribution is -2.38. The average Bonchev–Trinajstić information content (AvgIpc) is 3.06. The summed E-state index contributed by atoms with van der Waals surface area (Å²) in [6.45, 7) is 4.04. The Hall–Kier alpha value is -3.70. The predicted octanol–water partition coefficient (Wildman–Crippen LogP) is 5.42. The second-order valence-electron chi connectivity index (χ2n) is 13.4.